The third kappa shape index (κ3) is 5.25. The van der Waals surface area contributed by atoms with Gasteiger partial charge in [-0.15, -0.1) is 5.54 Å². The molecule has 0 unspecified atom stereocenters. The fraction of sp³-hybridized carbons (Fsp3) is 0.667. The van der Waals surface area contributed by atoms with Crippen LogP contribution in [0.4, 0.5) is 0 Å². The van der Waals surface area contributed by atoms with E-state index in [0.29, 0.717) is 0 Å². The van der Waals surface area contributed by atoms with E-state index in [1.54, 1.807) is 5.54 Å². The normalized spacial score (nSPS) is 21.3. The van der Waals surface area contributed by atoms with E-state index < -0.39 is 8.24 Å². The second-order valence-electron chi connectivity index (χ2n) is 6.72. The van der Waals surface area contributed by atoms with Gasteiger partial charge in [-0.05, 0) is 29.2 Å². The summed E-state index contributed by atoms with van der Waals surface area (Å²) in [6, 6.07) is 0. The SMILES string of the molecule is C[C]1[C](C)[C](C)[C]([Si](C)(C)[N-]C(C)(C)C)[C]1C.[Li+].[Li+]. The van der Waals surface area contributed by atoms with Crippen LogP contribution in [-0.4, -0.2) is 13.8 Å². The van der Waals surface area contributed by atoms with E-state index in [2.05, 4.69) is 61.6 Å². The van der Waals surface area contributed by atoms with Crippen molar-refractivity contribution in [3.05, 3.63) is 34.2 Å². The van der Waals surface area contributed by atoms with Crippen molar-refractivity contribution in [2.75, 3.05) is 0 Å². The van der Waals surface area contributed by atoms with Crippen molar-refractivity contribution < 1.29 is 37.7 Å². The van der Waals surface area contributed by atoms with Crippen LogP contribution < -0.4 is 37.7 Å². The molecule has 0 aromatic heterocycles. The summed E-state index contributed by atoms with van der Waals surface area (Å²) in [5.74, 6) is 5.87. The molecule has 1 fully saturated rings. The summed E-state index contributed by atoms with van der Waals surface area (Å²) < 4.78 is 0. The van der Waals surface area contributed by atoms with Crippen LogP contribution in [0.15, 0.2) is 0 Å². The van der Waals surface area contributed by atoms with Crippen molar-refractivity contribution in [1.29, 1.82) is 0 Å². The first-order chi connectivity index (χ1) is 7.47. The molecule has 0 atom stereocenters. The van der Waals surface area contributed by atoms with Gasteiger partial charge in [0.1, 0.15) is 0 Å². The standard InChI is InChI=1S/C15H27NSi.2Li/c1-10-11(2)13(4)14(12(10)3)17(8,9)16-15(5,6)7;;/h1-9H3;;/q-1;2*+1. The van der Waals surface area contributed by atoms with Crippen LogP contribution in [0.3, 0.4) is 0 Å². The summed E-state index contributed by atoms with van der Waals surface area (Å²) >= 11 is 0. The molecule has 97 valence electrons. The largest absolute Gasteiger partial charge is 1.00 e. The molecule has 0 heterocycles. The predicted molar refractivity (Wildman–Crippen MR) is 79.5 cm³/mol. The number of rotatable bonds is 2. The van der Waals surface area contributed by atoms with Crippen LogP contribution in [-0.2, 0) is 0 Å². The van der Waals surface area contributed by atoms with Gasteiger partial charge in [-0.25, -0.2) is 0 Å². The van der Waals surface area contributed by atoms with Crippen molar-refractivity contribution >= 4 is 8.24 Å². The molecule has 0 aromatic rings. The van der Waals surface area contributed by atoms with Crippen molar-refractivity contribution in [3.63, 3.8) is 0 Å². The van der Waals surface area contributed by atoms with E-state index in [1.807, 2.05) is 0 Å². The maximum atomic E-state index is 5.13. The molecule has 1 saturated carbocycles. The predicted octanol–water partition coefficient (Wildman–Crippen LogP) is -1.12. The minimum absolute atomic E-state index is 0. The van der Waals surface area contributed by atoms with E-state index in [9.17, 15) is 0 Å². The average Bonchev–Trinajstić information content (AvgIpc) is 2.27. The molecule has 1 rings (SSSR count). The summed E-state index contributed by atoms with van der Waals surface area (Å²) in [7, 11) is -1.69. The molecule has 5 radical (unpaired) electrons. The first-order valence-corrected chi connectivity index (χ1v) is 9.39. The van der Waals surface area contributed by atoms with Gasteiger partial charge >= 0.3 is 37.7 Å². The van der Waals surface area contributed by atoms with Crippen LogP contribution in [0.25, 0.3) is 4.98 Å². The topological polar surface area (TPSA) is 14.1 Å². The third-order valence-electron chi connectivity index (χ3n) is 3.66. The van der Waals surface area contributed by atoms with E-state index in [4.69, 9.17) is 4.98 Å². The zero-order valence-corrected chi connectivity index (χ0v) is 15.9. The molecule has 4 heteroatoms. The van der Waals surface area contributed by atoms with Crippen LogP contribution in [0.5, 0.6) is 0 Å². The number of hydrogen-bond donors (Lipinski definition) is 0. The van der Waals surface area contributed by atoms with Crippen LogP contribution >= 0.6 is 0 Å². The van der Waals surface area contributed by atoms with Crippen LogP contribution in [0.2, 0.25) is 13.1 Å². The summed E-state index contributed by atoms with van der Waals surface area (Å²) in [6.07, 6.45) is 0. The fourth-order valence-corrected chi connectivity index (χ4v) is 7.03. The summed E-state index contributed by atoms with van der Waals surface area (Å²) in [4.78, 5) is 5.13. The molecule has 0 bridgehead atoms. The minimum atomic E-state index is -1.69. The Labute approximate surface area is 146 Å². The first kappa shape index (κ1) is 22.6. The molecule has 0 aromatic carbocycles. The molecule has 0 aliphatic heterocycles. The van der Waals surface area contributed by atoms with Crippen molar-refractivity contribution in [1.82, 2.24) is 0 Å². The molecule has 0 saturated heterocycles. The molecule has 19 heavy (non-hydrogen) atoms. The molecular weight excluding hydrogens is 236 g/mol. The van der Waals surface area contributed by atoms with Gasteiger partial charge in [0.15, 0.2) is 0 Å². The van der Waals surface area contributed by atoms with Gasteiger partial charge in [0.05, 0.1) is 0 Å². The molecule has 1 nitrogen and oxygen atoms in total. The molecule has 1 aliphatic carbocycles. The monoisotopic (exact) mass is 263 g/mol. The van der Waals surface area contributed by atoms with Gasteiger partial charge < -0.3 is 4.98 Å². The van der Waals surface area contributed by atoms with Gasteiger partial charge in [0, 0.05) is 0 Å². The quantitative estimate of drug-likeness (QED) is 0.560. The Balaban J connectivity index is 0. The molecule has 1 aliphatic rings. The molecule has 0 amide bonds. The van der Waals surface area contributed by atoms with E-state index in [0.717, 1.165) is 0 Å². The van der Waals surface area contributed by atoms with Gasteiger partial charge in [-0.1, -0.05) is 69.8 Å². The van der Waals surface area contributed by atoms with E-state index >= 15 is 0 Å². The Bertz CT molecular complexity index is 262. The Morgan fingerprint density at radius 1 is 0.737 bits per heavy atom. The zero-order valence-electron chi connectivity index (χ0n) is 14.9. The van der Waals surface area contributed by atoms with Crippen molar-refractivity contribution in [2.45, 2.75) is 67.1 Å². The first-order valence-electron chi connectivity index (χ1n) is 6.45. The van der Waals surface area contributed by atoms with Gasteiger partial charge in [0.2, 0.25) is 0 Å². The molecule has 0 spiro atoms. The summed E-state index contributed by atoms with van der Waals surface area (Å²) in [6.45, 7) is 20.3. The van der Waals surface area contributed by atoms with Gasteiger partial charge in [-0.2, -0.15) is 0 Å². The molecule has 0 N–H and O–H groups in total. The van der Waals surface area contributed by atoms with E-state index in [1.165, 1.54) is 23.7 Å². The Morgan fingerprint density at radius 2 is 1.05 bits per heavy atom. The second-order valence-corrected chi connectivity index (χ2v) is 10.6. The zero-order chi connectivity index (χ0) is 13.6. The van der Waals surface area contributed by atoms with Crippen LogP contribution in [0, 0.1) is 29.2 Å². The third-order valence-corrected chi connectivity index (χ3v) is 6.87. The van der Waals surface area contributed by atoms with Gasteiger partial charge in [-0.3, -0.25) is 0 Å². The van der Waals surface area contributed by atoms with Crippen molar-refractivity contribution in [2.24, 2.45) is 0 Å². The van der Waals surface area contributed by atoms with Crippen molar-refractivity contribution in [3.8, 4) is 0 Å². The smallest absolute Gasteiger partial charge is 0.659 e. The minimum Gasteiger partial charge on any atom is -0.659 e. The van der Waals surface area contributed by atoms with E-state index in [-0.39, 0.29) is 43.3 Å². The maximum Gasteiger partial charge on any atom is 1.00 e. The summed E-state index contributed by atoms with van der Waals surface area (Å²) in [5.41, 5.74) is 1.62. The Hall–Kier alpha value is 1.37. The van der Waals surface area contributed by atoms with Crippen LogP contribution in [0.1, 0.15) is 48.5 Å². The maximum absolute atomic E-state index is 5.13. The Morgan fingerprint density at radius 3 is 1.32 bits per heavy atom. The van der Waals surface area contributed by atoms with Gasteiger partial charge in [0.25, 0.3) is 0 Å². The second kappa shape index (κ2) is 7.58. The fourth-order valence-electron chi connectivity index (χ4n) is 3.03. The Kier molecular flexibility index (Phi) is 9.03. The summed E-state index contributed by atoms with van der Waals surface area (Å²) in [5, 5.41) is 0. The number of nitrogens with zero attached hydrogens (tertiary/aromatic N) is 1. The number of hydrogen-bond acceptors (Lipinski definition) is 0. The molecular formula is C15H27Li2NSi+. The average molecular weight is 263 g/mol.